The molecule has 1 aromatic heterocycles. The van der Waals surface area contributed by atoms with E-state index in [2.05, 4.69) is 15.5 Å². The summed E-state index contributed by atoms with van der Waals surface area (Å²) in [6.07, 6.45) is 5.29. The van der Waals surface area contributed by atoms with Gasteiger partial charge in [0, 0.05) is 26.2 Å². The number of hydrogen-bond acceptors (Lipinski definition) is 4. The van der Waals surface area contributed by atoms with E-state index in [0.717, 1.165) is 12.8 Å². The summed E-state index contributed by atoms with van der Waals surface area (Å²) in [5.41, 5.74) is 5.72. The Labute approximate surface area is 99.3 Å². The third-order valence-electron chi connectivity index (χ3n) is 2.21. The second kappa shape index (κ2) is 6.51. The Morgan fingerprint density at radius 2 is 2.41 bits per heavy atom. The van der Waals surface area contributed by atoms with Gasteiger partial charge in [0.2, 0.25) is 0 Å². The second-order valence-corrected chi connectivity index (χ2v) is 3.73. The fourth-order valence-corrected chi connectivity index (χ4v) is 1.30. The molecule has 1 amide bonds. The van der Waals surface area contributed by atoms with Crippen molar-refractivity contribution in [2.45, 2.75) is 19.3 Å². The molecule has 0 aliphatic carbocycles. The molecule has 4 N–H and O–H groups in total. The minimum atomic E-state index is -0.186. The Kier molecular flexibility index (Phi) is 4.99. The van der Waals surface area contributed by atoms with Crippen molar-refractivity contribution >= 4 is 11.7 Å². The van der Waals surface area contributed by atoms with Gasteiger partial charge >= 0.3 is 0 Å². The maximum absolute atomic E-state index is 11.5. The zero-order valence-electron chi connectivity index (χ0n) is 9.76. The van der Waals surface area contributed by atoms with E-state index in [0.29, 0.717) is 18.7 Å². The molecule has 7 nitrogen and oxygen atoms in total. The van der Waals surface area contributed by atoms with E-state index in [1.54, 1.807) is 24.1 Å². The molecular formula is C10H17N5O2. The quantitative estimate of drug-likeness (QED) is 0.215. The number of oxime groups is 1. The molecule has 0 aliphatic heterocycles. The number of nitrogens with two attached hydrogens (primary N) is 1. The lowest BCUT2D eigenvalue weighted by atomic mass is 10.2. The molecule has 0 saturated carbocycles. The number of imidazole rings is 1. The Morgan fingerprint density at radius 1 is 1.65 bits per heavy atom. The number of amides is 1. The molecule has 1 aromatic rings. The Hall–Kier alpha value is -2.05. The van der Waals surface area contributed by atoms with Crippen LogP contribution in [0.15, 0.2) is 17.7 Å². The number of aromatic nitrogens is 2. The topological polar surface area (TPSA) is 106 Å². The molecule has 0 aliphatic rings. The van der Waals surface area contributed by atoms with Crippen molar-refractivity contribution in [3.05, 3.63) is 18.2 Å². The van der Waals surface area contributed by atoms with E-state index in [9.17, 15) is 4.79 Å². The summed E-state index contributed by atoms with van der Waals surface area (Å²) in [6, 6.07) is 0. The highest BCUT2D eigenvalue weighted by molar-refractivity contribution is 5.91. The van der Waals surface area contributed by atoms with E-state index < -0.39 is 0 Å². The number of nitrogens with zero attached hydrogens (tertiary/aromatic N) is 3. The normalized spacial score (nSPS) is 11.5. The highest BCUT2D eigenvalue weighted by Gasteiger charge is 2.06. The highest BCUT2D eigenvalue weighted by atomic mass is 16.4. The minimum Gasteiger partial charge on any atom is -0.409 e. The molecule has 0 radical (unpaired) electrons. The van der Waals surface area contributed by atoms with E-state index in [-0.39, 0.29) is 11.7 Å². The Balaban J connectivity index is 2.17. The van der Waals surface area contributed by atoms with Gasteiger partial charge in [-0.2, -0.15) is 0 Å². The van der Waals surface area contributed by atoms with E-state index in [1.807, 2.05) is 0 Å². The van der Waals surface area contributed by atoms with Gasteiger partial charge in [0.05, 0.1) is 6.33 Å². The van der Waals surface area contributed by atoms with Crippen molar-refractivity contribution in [1.29, 1.82) is 0 Å². The van der Waals surface area contributed by atoms with Crippen molar-refractivity contribution in [2.75, 3.05) is 6.54 Å². The third-order valence-corrected chi connectivity index (χ3v) is 2.21. The zero-order chi connectivity index (χ0) is 12.7. The lowest BCUT2D eigenvalue weighted by molar-refractivity contribution is 0.0948. The molecule has 7 heteroatoms. The second-order valence-electron chi connectivity index (χ2n) is 3.73. The van der Waals surface area contributed by atoms with Crippen LogP contribution in [0.4, 0.5) is 0 Å². The molecule has 17 heavy (non-hydrogen) atoms. The van der Waals surface area contributed by atoms with E-state index in [1.165, 1.54) is 0 Å². The first-order chi connectivity index (χ1) is 8.13. The first kappa shape index (κ1) is 13.0. The van der Waals surface area contributed by atoms with Crippen molar-refractivity contribution in [3.63, 3.8) is 0 Å². The van der Waals surface area contributed by atoms with Gasteiger partial charge in [-0.1, -0.05) is 5.16 Å². The summed E-state index contributed by atoms with van der Waals surface area (Å²) in [5, 5.41) is 13.9. The monoisotopic (exact) mass is 239 g/mol. The van der Waals surface area contributed by atoms with Crippen LogP contribution in [0.25, 0.3) is 0 Å². The van der Waals surface area contributed by atoms with Crippen LogP contribution in [0.1, 0.15) is 29.8 Å². The number of amidine groups is 1. The van der Waals surface area contributed by atoms with Crippen molar-refractivity contribution in [3.8, 4) is 0 Å². The number of carbonyl (C=O) groups is 1. The van der Waals surface area contributed by atoms with Crippen molar-refractivity contribution < 1.29 is 10.0 Å². The first-order valence-corrected chi connectivity index (χ1v) is 5.36. The summed E-state index contributed by atoms with van der Waals surface area (Å²) in [5.74, 6) is 0.0236. The van der Waals surface area contributed by atoms with Crippen LogP contribution >= 0.6 is 0 Å². The molecule has 0 bridgehead atoms. The van der Waals surface area contributed by atoms with Gasteiger partial charge in [-0.15, -0.1) is 0 Å². The molecule has 0 spiro atoms. The predicted octanol–water partition coefficient (Wildman–Crippen LogP) is 0.0666. The lowest BCUT2D eigenvalue weighted by Gasteiger charge is -2.02. The van der Waals surface area contributed by atoms with Gasteiger partial charge in [0.1, 0.15) is 11.5 Å². The molecule has 1 rings (SSSR count). The van der Waals surface area contributed by atoms with Crippen LogP contribution in [0.5, 0.6) is 0 Å². The third kappa shape index (κ3) is 4.54. The fraction of sp³-hybridized carbons (Fsp3) is 0.500. The summed E-state index contributed by atoms with van der Waals surface area (Å²) in [7, 11) is 1.81. The van der Waals surface area contributed by atoms with Gasteiger partial charge < -0.3 is 20.8 Å². The van der Waals surface area contributed by atoms with Gasteiger partial charge in [0.25, 0.3) is 5.91 Å². The summed E-state index contributed by atoms with van der Waals surface area (Å²) in [4.78, 5) is 15.5. The smallest absolute Gasteiger partial charge is 0.271 e. The molecule has 0 atom stereocenters. The zero-order valence-corrected chi connectivity index (χ0v) is 9.76. The standard InChI is InChI=1S/C10H17N5O2/c1-15-6-8(13-7-15)10(16)12-5-3-2-4-9(11)14-17/h6-7,17H,2-5H2,1H3,(H2,11,14)(H,12,16). The summed E-state index contributed by atoms with van der Waals surface area (Å²) in [6.45, 7) is 0.550. The van der Waals surface area contributed by atoms with Crippen LogP contribution in [-0.4, -0.2) is 33.0 Å². The average Bonchev–Trinajstić information content (AvgIpc) is 2.75. The number of hydrogen-bond donors (Lipinski definition) is 3. The SMILES string of the molecule is Cn1cnc(C(=O)NCCCCC(N)=NO)c1. The maximum atomic E-state index is 11.5. The van der Waals surface area contributed by atoms with Crippen LogP contribution in [0.2, 0.25) is 0 Å². The van der Waals surface area contributed by atoms with Crippen LogP contribution in [-0.2, 0) is 7.05 Å². The molecule has 0 fully saturated rings. The predicted molar refractivity (Wildman–Crippen MR) is 62.8 cm³/mol. The summed E-state index contributed by atoms with van der Waals surface area (Å²) < 4.78 is 1.72. The number of aryl methyl sites for hydroxylation is 1. The Morgan fingerprint density at radius 3 is 3.00 bits per heavy atom. The largest absolute Gasteiger partial charge is 0.409 e. The number of unbranched alkanes of at least 4 members (excludes halogenated alkanes) is 1. The van der Waals surface area contributed by atoms with Crippen molar-refractivity contribution in [1.82, 2.24) is 14.9 Å². The summed E-state index contributed by atoms with van der Waals surface area (Å²) >= 11 is 0. The molecule has 0 saturated heterocycles. The molecule has 0 unspecified atom stereocenters. The lowest BCUT2D eigenvalue weighted by Crippen LogP contribution is -2.25. The van der Waals surface area contributed by atoms with E-state index >= 15 is 0 Å². The molecule has 1 heterocycles. The number of carbonyl (C=O) groups excluding carboxylic acids is 1. The van der Waals surface area contributed by atoms with Crippen LogP contribution in [0.3, 0.4) is 0 Å². The molecular weight excluding hydrogens is 222 g/mol. The fourth-order valence-electron chi connectivity index (χ4n) is 1.30. The minimum absolute atomic E-state index is 0.186. The van der Waals surface area contributed by atoms with Gasteiger partial charge in [-0.25, -0.2) is 4.98 Å². The highest BCUT2D eigenvalue weighted by Crippen LogP contribution is 1.96. The first-order valence-electron chi connectivity index (χ1n) is 5.36. The van der Waals surface area contributed by atoms with Gasteiger partial charge in [-0.3, -0.25) is 4.79 Å². The van der Waals surface area contributed by atoms with Crippen LogP contribution in [0, 0.1) is 0 Å². The van der Waals surface area contributed by atoms with Crippen LogP contribution < -0.4 is 11.1 Å². The Bertz CT molecular complexity index is 399. The number of rotatable bonds is 6. The molecule has 94 valence electrons. The van der Waals surface area contributed by atoms with Gasteiger partial charge in [0.15, 0.2) is 0 Å². The number of nitrogens with one attached hydrogen (secondary N) is 1. The maximum Gasteiger partial charge on any atom is 0.271 e. The molecule has 0 aromatic carbocycles. The van der Waals surface area contributed by atoms with E-state index in [4.69, 9.17) is 10.9 Å². The average molecular weight is 239 g/mol. The van der Waals surface area contributed by atoms with Crippen molar-refractivity contribution in [2.24, 2.45) is 17.9 Å². The van der Waals surface area contributed by atoms with Gasteiger partial charge in [-0.05, 0) is 12.8 Å².